The first-order chi connectivity index (χ1) is 3.18. The van der Waals surface area contributed by atoms with E-state index in [2.05, 4.69) is 20.4 Å². The number of rotatable bonds is 2. The van der Waals surface area contributed by atoms with E-state index in [9.17, 15) is 0 Å². The molecule has 0 rings (SSSR count). The minimum Gasteiger partial charge on any atom is -0.166 e. The van der Waals surface area contributed by atoms with Crippen molar-refractivity contribution in [1.82, 2.24) is 0 Å². The highest BCUT2D eigenvalue weighted by Crippen LogP contribution is 2.10. The maximum atomic E-state index is 5.82. The van der Waals surface area contributed by atoms with Crippen molar-refractivity contribution in [2.45, 2.75) is 19.4 Å². The molecule has 42 valence electrons. The molecule has 0 spiro atoms. The van der Waals surface area contributed by atoms with Crippen molar-refractivity contribution in [1.29, 1.82) is 0 Å². The zero-order valence-corrected chi connectivity index (χ0v) is 6.73. The van der Waals surface area contributed by atoms with Crippen molar-refractivity contribution < 1.29 is 0 Å². The molecule has 1 unspecified atom stereocenters. The van der Waals surface area contributed by atoms with Gasteiger partial charge in [0, 0.05) is 0 Å². The van der Waals surface area contributed by atoms with Crippen LogP contribution in [0.15, 0.2) is 12.3 Å². The molecule has 0 saturated heterocycles. The summed E-state index contributed by atoms with van der Waals surface area (Å²) in [5.41, 5.74) is 2.55. The molecule has 1 atom stereocenters. The standard InChI is InChI=1S/C5H11ClSi/c1-4-7(6)5(2)3/h4-5,7H,1H2,2-3H3. The van der Waals surface area contributed by atoms with Crippen molar-refractivity contribution in [2.24, 2.45) is 0 Å². The summed E-state index contributed by atoms with van der Waals surface area (Å²) in [5.74, 6) is 0. The molecule has 0 aliphatic carbocycles. The predicted octanol–water partition coefficient (Wildman–Crippen LogP) is 2.08. The molecule has 7 heavy (non-hydrogen) atoms. The van der Waals surface area contributed by atoms with Gasteiger partial charge in [-0.1, -0.05) is 19.5 Å². The summed E-state index contributed by atoms with van der Waals surface area (Å²) in [4.78, 5) is 0. The molecule has 0 aromatic rings. The Morgan fingerprint density at radius 2 is 2.14 bits per heavy atom. The third-order valence-electron chi connectivity index (χ3n) is 0.862. The van der Waals surface area contributed by atoms with Gasteiger partial charge in [0.05, 0.1) is 0 Å². The molecule has 0 nitrogen and oxygen atoms in total. The van der Waals surface area contributed by atoms with Crippen LogP contribution in [-0.4, -0.2) is 8.11 Å². The average Bonchev–Trinajstić information content (AvgIpc) is 1.65. The van der Waals surface area contributed by atoms with Crippen LogP contribution in [0.4, 0.5) is 0 Å². The predicted molar refractivity (Wildman–Crippen MR) is 38.3 cm³/mol. The number of halogens is 1. The molecule has 0 saturated carbocycles. The molecule has 0 bridgehead atoms. The van der Waals surface area contributed by atoms with Crippen LogP contribution in [0.25, 0.3) is 0 Å². The smallest absolute Gasteiger partial charge is 0.166 e. The first-order valence-corrected chi connectivity index (χ1v) is 5.53. The summed E-state index contributed by atoms with van der Waals surface area (Å²) in [6.45, 7) is 7.87. The van der Waals surface area contributed by atoms with Gasteiger partial charge in [0.2, 0.25) is 0 Å². The van der Waals surface area contributed by atoms with Crippen LogP contribution in [0.3, 0.4) is 0 Å². The molecule has 0 radical (unpaired) electrons. The van der Waals surface area contributed by atoms with Gasteiger partial charge in [-0.3, -0.25) is 0 Å². The molecular formula is C5H11ClSi. The van der Waals surface area contributed by atoms with Crippen LogP contribution in [0, 0.1) is 0 Å². The second-order valence-electron chi connectivity index (χ2n) is 1.92. The van der Waals surface area contributed by atoms with Gasteiger partial charge in [-0.25, -0.2) is 0 Å². The summed E-state index contributed by atoms with van der Waals surface area (Å²) in [5, 5.41) is 0. The average molecular weight is 135 g/mol. The Balaban J connectivity index is 3.33. The molecule has 0 heterocycles. The van der Waals surface area contributed by atoms with E-state index in [-0.39, 0.29) is 0 Å². The van der Waals surface area contributed by atoms with Gasteiger partial charge < -0.3 is 0 Å². The summed E-state index contributed by atoms with van der Waals surface area (Å²) >= 11 is 5.82. The molecule has 0 aliphatic rings. The molecular weight excluding hydrogens is 124 g/mol. The zero-order valence-electron chi connectivity index (χ0n) is 4.82. The van der Waals surface area contributed by atoms with Gasteiger partial charge in [-0.15, -0.1) is 6.58 Å². The van der Waals surface area contributed by atoms with Crippen molar-refractivity contribution in [3.63, 3.8) is 0 Å². The van der Waals surface area contributed by atoms with E-state index in [1.54, 1.807) is 0 Å². The Hall–Kier alpha value is 0.247. The largest absolute Gasteiger partial charge is 0.166 e. The van der Waals surface area contributed by atoms with Crippen molar-refractivity contribution in [3.8, 4) is 0 Å². The lowest BCUT2D eigenvalue weighted by Gasteiger charge is -2.02. The van der Waals surface area contributed by atoms with Crippen LogP contribution in [-0.2, 0) is 0 Å². The maximum Gasteiger partial charge on any atom is 0.166 e. The molecule has 2 heteroatoms. The Bertz CT molecular complexity index is 61.1. The third kappa shape index (κ3) is 2.89. The summed E-state index contributed by atoms with van der Waals surface area (Å²) < 4.78 is 0. The summed E-state index contributed by atoms with van der Waals surface area (Å²) in [7, 11) is -1.02. The van der Waals surface area contributed by atoms with Gasteiger partial charge in [-0.2, -0.15) is 11.1 Å². The number of hydrogen-bond acceptors (Lipinski definition) is 0. The Morgan fingerprint density at radius 3 is 2.14 bits per heavy atom. The quantitative estimate of drug-likeness (QED) is 0.401. The minimum atomic E-state index is -1.02. The summed E-state index contributed by atoms with van der Waals surface area (Å²) in [6.07, 6.45) is 0. The van der Waals surface area contributed by atoms with Crippen LogP contribution >= 0.6 is 11.1 Å². The Labute approximate surface area is 51.5 Å². The van der Waals surface area contributed by atoms with Gasteiger partial charge in [0.25, 0.3) is 0 Å². The lowest BCUT2D eigenvalue weighted by Crippen LogP contribution is -2.02. The minimum absolute atomic E-state index is 0.652. The van der Waals surface area contributed by atoms with Crippen molar-refractivity contribution in [3.05, 3.63) is 12.3 Å². The van der Waals surface area contributed by atoms with E-state index in [0.29, 0.717) is 5.54 Å². The zero-order chi connectivity index (χ0) is 5.86. The highest BCUT2D eigenvalue weighted by atomic mass is 35.6. The van der Waals surface area contributed by atoms with Crippen LogP contribution in [0.5, 0.6) is 0 Å². The first kappa shape index (κ1) is 7.25. The Morgan fingerprint density at radius 1 is 1.71 bits per heavy atom. The fraction of sp³-hybridized carbons (Fsp3) is 0.600. The van der Waals surface area contributed by atoms with Crippen molar-refractivity contribution in [2.75, 3.05) is 0 Å². The van der Waals surface area contributed by atoms with Gasteiger partial charge in [0.1, 0.15) is 0 Å². The van der Waals surface area contributed by atoms with Crippen LogP contribution in [0.1, 0.15) is 13.8 Å². The van der Waals surface area contributed by atoms with Crippen LogP contribution in [0.2, 0.25) is 5.54 Å². The van der Waals surface area contributed by atoms with E-state index in [4.69, 9.17) is 11.1 Å². The van der Waals surface area contributed by atoms with Gasteiger partial charge >= 0.3 is 0 Å². The van der Waals surface area contributed by atoms with E-state index in [1.165, 1.54) is 0 Å². The molecule has 0 amide bonds. The molecule has 0 aromatic heterocycles. The second-order valence-corrected chi connectivity index (χ2v) is 6.13. The van der Waals surface area contributed by atoms with Crippen LogP contribution < -0.4 is 0 Å². The van der Waals surface area contributed by atoms with E-state index in [0.717, 1.165) is 0 Å². The SMILES string of the molecule is C=C[SiH](Cl)C(C)C. The van der Waals surface area contributed by atoms with E-state index in [1.807, 2.05) is 5.70 Å². The summed E-state index contributed by atoms with van der Waals surface area (Å²) in [6, 6.07) is 0. The molecule has 0 N–H and O–H groups in total. The normalized spacial score (nSPS) is 14.3. The molecule has 0 aliphatic heterocycles. The third-order valence-corrected chi connectivity index (χ3v) is 4.63. The van der Waals surface area contributed by atoms with Gasteiger partial charge in [0.15, 0.2) is 8.11 Å². The monoisotopic (exact) mass is 134 g/mol. The first-order valence-electron chi connectivity index (χ1n) is 2.45. The highest BCUT2D eigenvalue weighted by molar-refractivity contribution is 7.10. The fourth-order valence-corrected chi connectivity index (χ4v) is 0.816. The highest BCUT2D eigenvalue weighted by Gasteiger charge is 2.04. The second kappa shape index (κ2) is 3.27. The van der Waals surface area contributed by atoms with E-state index < -0.39 is 8.11 Å². The fourth-order valence-electron chi connectivity index (χ4n) is 0.272. The Kier molecular flexibility index (Phi) is 3.39. The lowest BCUT2D eigenvalue weighted by atomic mass is 10.6. The molecule has 0 fully saturated rings. The van der Waals surface area contributed by atoms with E-state index >= 15 is 0 Å². The van der Waals surface area contributed by atoms with Crippen molar-refractivity contribution >= 4 is 19.2 Å². The topological polar surface area (TPSA) is 0 Å². The number of hydrogen-bond donors (Lipinski definition) is 0. The molecule has 0 aromatic carbocycles. The maximum absolute atomic E-state index is 5.82. The lowest BCUT2D eigenvalue weighted by molar-refractivity contribution is 1.06. The van der Waals surface area contributed by atoms with Gasteiger partial charge in [-0.05, 0) is 5.54 Å².